The summed E-state index contributed by atoms with van der Waals surface area (Å²) >= 11 is 10.8. The molecule has 2 aromatic carbocycles. The van der Waals surface area contributed by atoms with Crippen molar-refractivity contribution >= 4 is 65.7 Å². The van der Waals surface area contributed by atoms with Crippen LogP contribution in [0, 0.1) is 3.57 Å². The van der Waals surface area contributed by atoms with E-state index in [1.54, 1.807) is 0 Å². The minimum absolute atomic E-state index is 0.903. The third-order valence-electron chi connectivity index (χ3n) is 4.17. The summed E-state index contributed by atoms with van der Waals surface area (Å²) in [4.78, 5) is 0. The van der Waals surface area contributed by atoms with Crippen molar-refractivity contribution in [3.63, 3.8) is 0 Å². The first-order valence-electron chi connectivity index (χ1n) is 7.46. The molecular formula is C18H18ClIS. The van der Waals surface area contributed by atoms with E-state index in [1.807, 2.05) is 11.3 Å². The van der Waals surface area contributed by atoms with Gasteiger partial charge in [-0.1, -0.05) is 38.4 Å². The molecule has 0 bridgehead atoms. The third-order valence-corrected chi connectivity index (χ3v) is 7.21. The normalized spacial score (nSPS) is 11.7. The molecule has 0 radical (unpaired) electrons. The number of benzene rings is 2. The molecule has 0 N–H and O–H groups in total. The Balaban J connectivity index is 2.51. The Morgan fingerprint density at radius 3 is 2.24 bits per heavy atom. The van der Waals surface area contributed by atoms with E-state index in [-0.39, 0.29) is 0 Å². The zero-order chi connectivity index (χ0) is 15.1. The Hall–Kier alpha value is -0.320. The van der Waals surface area contributed by atoms with E-state index in [4.69, 9.17) is 11.6 Å². The zero-order valence-corrected chi connectivity index (χ0v) is 16.2. The number of thiophene rings is 1. The second kappa shape index (κ2) is 6.05. The first-order valence-corrected chi connectivity index (χ1v) is 9.73. The highest BCUT2D eigenvalue weighted by Gasteiger charge is 2.16. The largest absolute Gasteiger partial charge is 0.135 e. The highest BCUT2D eigenvalue weighted by molar-refractivity contribution is 14.1. The SMILES string of the molecule is CCc1cc2c(sc3c(CC)c(Cl)ccc32)c(CC)c1I. The smallest absolute Gasteiger partial charge is 0.0452 e. The predicted octanol–water partition coefficient (Wildman–Crippen LogP) is 7.00. The van der Waals surface area contributed by atoms with Gasteiger partial charge in [0.15, 0.2) is 0 Å². The maximum Gasteiger partial charge on any atom is 0.0452 e. The van der Waals surface area contributed by atoms with Gasteiger partial charge in [-0.05, 0) is 70.7 Å². The van der Waals surface area contributed by atoms with Gasteiger partial charge in [0, 0.05) is 28.8 Å². The Labute approximate surface area is 148 Å². The second-order valence-corrected chi connectivity index (χ2v) is 7.78. The summed E-state index contributed by atoms with van der Waals surface area (Å²) < 4.78 is 4.27. The van der Waals surface area contributed by atoms with Crippen molar-refractivity contribution < 1.29 is 0 Å². The summed E-state index contributed by atoms with van der Waals surface area (Å²) in [6, 6.07) is 6.65. The highest BCUT2D eigenvalue weighted by Crippen LogP contribution is 2.42. The van der Waals surface area contributed by atoms with Crippen LogP contribution in [0.15, 0.2) is 18.2 Å². The standard InChI is InChI=1S/C18H18ClIS/c1-4-10-9-14-13-7-8-15(19)11(5-2)17(13)21-18(14)12(6-3)16(10)20/h7-9H,4-6H2,1-3H3. The van der Waals surface area contributed by atoms with E-state index >= 15 is 0 Å². The maximum absolute atomic E-state index is 6.40. The van der Waals surface area contributed by atoms with E-state index in [0.717, 1.165) is 24.3 Å². The fourth-order valence-corrected chi connectivity index (χ4v) is 6.25. The average molecular weight is 429 g/mol. The predicted molar refractivity (Wildman–Crippen MR) is 105 cm³/mol. The zero-order valence-electron chi connectivity index (χ0n) is 12.5. The van der Waals surface area contributed by atoms with Crippen molar-refractivity contribution in [2.24, 2.45) is 0 Å². The van der Waals surface area contributed by atoms with Crippen molar-refractivity contribution in [3.05, 3.63) is 43.5 Å². The minimum Gasteiger partial charge on any atom is -0.135 e. The van der Waals surface area contributed by atoms with Crippen LogP contribution < -0.4 is 0 Å². The molecule has 0 atom stereocenters. The lowest BCUT2D eigenvalue weighted by Gasteiger charge is -2.09. The average Bonchev–Trinajstić information content (AvgIpc) is 2.84. The Bertz CT molecular complexity index is 832. The molecular weight excluding hydrogens is 411 g/mol. The molecule has 0 spiro atoms. The lowest BCUT2D eigenvalue weighted by atomic mass is 10.0. The van der Waals surface area contributed by atoms with Gasteiger partial charge in [-0.25, -0.2) is 0 Å². The molecule has 0 saturated heterocycles. The molecule has 110 valence electrons. The van der Waals surface area contributed by atoms with Gasteiger partial charge in [-0.3, -0.25) is 0 Å². The third kappa shape index (κ3) is 2.40. The fourth-order valence-electron chi connectivity index (χ4n) is 3.01. The van der Waals surface area contributed by atoms with Crippen LogP contribution in [-0.2, 0) is 19.3 Å². The van der Waals surface area contributed by atoms with Crippen LogP contribution in [0.1, 0.15) is 37.5 Å². The van der Waals surface area contributed by atoms with Gasteiger partial charge in [0.25, 0.3) is 0 Å². The van der Waals surface area contributed by atoms with Gasteiger partial charge < -0.3 is 0 Å². The van der Waals surface area contributed by atoms with E-state index in [0.29, 0.717) is 0 Å². The molecule has 1 heterocycles. The van der Waals surface area contributed by atoms with Gasteiger partial charge in [0.2, 0.25) is 0 Å². The van der Waals surface area contributed by atoms with Crippen molar-refractivity contribution in [1.29, 1.82) is 0 Å². The van der Waals surface area contributed by atoms with Gasteiger partial charge in [0.1, 0.15) is 0 Å². The number of rotatable bonds is 3. The van der Waals surface area contributed by atoms with E-state index < -0.39 is 0 Å². The molecule has 0 fully saturated rings. The molecule has 3 rings (SSSR count). The van der Waals surface area contributed by atoms with Gasteiger partial charge in [-0.15, -0.1) is 11.3 Å². The molecule has 1 aromatic heterocycles. The molecule has 0 aliphatic rings. The lowest BCUT2D eigenvalue weighted by molar-refractivity contribution is 1.09. The Kier molecular flexibility index (Phi) is 4.49. The van der Waals surface area contributed by atoms with Crippen LogP contribution in [0.25, 0.3) is 20.2 Å². The van der Waals surface area contributed by atoms with Gasteiger partial charge >= 0.3 is 0 Å². The lowest BCUT2D eigenvalue weighted by Crippen LogP contribution is -1.93. The number of hydrogen-bond acceptors (Lipinski definition) is 1. The van der Waals surface area contributed by atoms with Crippen molar-refractivity contribution in [3.8, 4) is 0 Å². The molecule has 0 aliphatic heterocycles. The van der Waals surface area contributed by atoms with E-state index in [2.05, 4.69) is 61.6 Å². The van der Waals surface area contributed by atoms with Crippen LogP contribution in [0.2, 0.25) is 5.02 Å². The summed E-state index contributed by atoms with van der Waals surface area (Å²) in [5, 5.41) is 3.69. The summed E-state index contributed by atoms with van der Waals surface area (Å²) in [5.74, 6) is 0. The molecule has 3 heteroatoms. The van der Waals surface area contributed by atoms with Gasteiger partial charge in [-0.2, -0.15) is 0 Å². The van der Waals surface area contributed by atoms with Crippen molar-refractivity contribution in [1.82, 2.24) is 0 Å². The molecule has 0 saturated carbocycles. The summed E-state index contributed by atoms with van der Waals surface area (Å²) in [6.45, 7) is 6.69. The van der Waals surface area contributed by atoms with Gasteiger partial charge in [0.05, 0.1) is 0 Å². The monoisotopic (exact) mass is 428 g/mol. The summed E-state index contributed by atoms with van der Waals surface area (Å²) in [6.07, 6.45) is 3.17. The van der Waals surface area contributed by atoms with Crippen molar-refractivity contribution in [2.75, 3.05) is 0 Å². The van der Waals surface area contributed by atoms with Crippen LogP contribution in [-0.4, -0.2) is 0 Å². The first kappa shape index (κ1) is 15.6. The van der Waals surface area contributed by atoms with Crippen molar-refractivity contribution in [2.45, 2.75) is 40.0 Å². The first-order chi connectivity index (χ1) is 10.1. The van der Waals surface area contributed by atoms with Crippen LogP contribution in [0.3, 0.4) is 0 Å². The summed E-state index contributed by atoms with van der Waals surface area (Å²) in [5.41, 5.74) is 4.27. The maximum atomic E-state index is 6.40. The molecule has 3 aromatic rings. The number of fused-ring (bicyclic) bond motifs is 3. The van der Waals surface area contributed by atoms with Crippen LogP contribution >= 0.6 is 45.5 Å². The van der Waals surface area contributed by atoms with E-state index in [1.165, 1.54) is 40.4 Å². The second-order valence-electron chi connectivity index (χ2n) is 5.27. The highest BCUT2D eigenvalue weighted by atomic mass is 127. The topological polar surface area (TPSA) is 0 Å². The van der Waals surface area contributed by atoms with E-state index in [9.17, 15) is 0 Å². The molecule has 21 heavy (non-hydrogen) atoms. The molecule has 0 amide bonds. The van der Waals surface area contributed by atoms with Crippen LogP contribution in [0.5, 0.6) is 0 Å². The summed E-state index contributed by atoms with van der Waals surface area (Å²) in [7, 11) is 0. The fraction of sp³-hybridized carbons (Fsp3) is 0.333. The number of halogens is 2. The quantitative estimate of drug-likeness (QED) is 0.394. The number of hydrogen-bond donors (Lipinski definition) is 0. The minimum atomic E-state index is 0.903. The Morgan fingerprint density at radius 1 is 0.952 bits per heavy atom. The molecule has 0 aliphatic carbocycles. The van der Waals surface area contributed by atoms with Crippen LogP contribution in [0.4, 0.5) is 0 Å². The molecule has 0 unspecified atom stereocenters. The number of aryl methyl sites for hydroxylation is 3. The Morgan fingerprint density at radius 2 is 1.62 bits per heavy atom. The molecule has 0 nitrogen and oxygen atoms in total.